The first-order chi connectivity index (χ1) is 9.69. The number of aryl methyl sites for hydroxylation is 1. The number of imidazole rings is 1. The van der Waals surface area contributed by atoms with Crippen molar-refractivity contribution in [3.05, 3.63) is 46.4 Å². The molecular weight excluding hydrogens is 266 g/mol. The third kappa shape index (κ3) is 2.31. The van der Waals surface area contributed by atoms with E-state index in [1.54, 1.807) is 0 Å². The SMILES string of the molecule is CCc1nc2cc(N)ccc2n1C(C)Cc1cccs1. The maximum atomic E-state index is 5.86. The zero-order chi connectivity index (χ0) is 14.1. The molecule has 2 aromatic heterocycles. The largest absolute Gasteiger partial charge is 0.399 e. The van der Waals surface area contributed by atoms with Gasteiger partial charge in [-0.25, -0.2) is 4.98 Å². The van der Waals surface area contributed by atoms with Gasteiger partial charge in [-0.2, -0.15) is 0 Å². The molecule has 0 aliphatic carbocycles. The topological polar surface area (TPSA) is 43.8 Å². The van der Waals surface area contributed by atoms with Gasteiger partial charge in [0, 0.05) is 29.4 Å². The van der Waals surface area contributed by atoms with Gasteiger partial charge in [-0.3, -0.25) is 0 Å². The van der Waals surface area contributed by atoms with E-state index in [9.17, 15) is 0 Å². The summed E-state index contributed by atoms with van der Waals surface area (Å²) in [6.45, 7) is 4.41. The highest BCUT2D eigenvalue weighted by atomic mass is 32.1. The highest BCUT2D eigenvalue weighted by Crippen LogP contribution is 2.26. The van der Waals surface area contributed by atoms with Gasteiger partial charge < -0.3 is 10.3 Å². The van der Waals surface area contributed by atoms with Crippen molar-refractivity contribution in [1.29, 1.82) is 0 Å². The Hall–Kier alpha value is -1.81. The molecule has 1 aromatic carbocycles. The fraction of sp³-hybridized carbons (Fsp3) is 0.312. The van der Waals surface area contributed by atoms with E-state index in [0.29, 0.717) is 6.04 Å². The number of anilines is 1. The van der Waals surface area contributed by atoms with E-state index in [-0.39, 0.29) is 0 Å². The van der Waals surface area contributed by atoms with Gasteiger partial charge in [0.1, 0.15) is 5.82 Å². The van der Waals surface area contributed by atoms with E-state index >= 15 is 0 Å². The molecule has 0 aliphatic rings. The summed E-state index contributed by atoms with van der Waals surface area (Å²) in [4.78, 5) is 6.14. The van der Waals surface area contributed by atoms with Crippen LogP contribution in [-0.4, -0.2) is 9.55 Å². The number of nitrogens with two attached hydrogens (primary N) is 1. The van der Waals surface area contributed by atoms with Crippen LogP contribution in [-0.2, 0) is 12.8 Å². The lowest BCUT2D eigenvalue weighted by Gasteiger charge is -2.16. The summed E-state index contributed by atoms with van der Waals surface area (Å²) in [6, 6.07) is 10.7. The molecule has 0 saturated heterocycles. The van der Waals surface area contributed by atoms with Crippen LogP contribution >= 0.6 is 11.3 Å². The van der Waals surface area contributed by atoms with Gasteiger partial charge >= 0.3 is 0 Å². The highest BCUT2D eigenvalue weighted by Gasteiger charge is 2.15. The van der Waals surface area contributed by atoms with Gasteiger partial charge in [-0.05, 0) is 36.6 Å². The van der Waals surface area contributed by atoms with E-state index in [1.807, 2.05) is 23.5 Å². The number of aromatic nitrogens is 2. The average Bonchev–Trinajstić information content (AvgIpc) is 3.04. The Labute approximate surface area is 123 Å². The molecule has 0 fully saturated rings. The van der Waals surface area contributed by atoms with E-state index < -0.39 is 0 Å². The highest BCUT2D eigenvalue weighted by molar-refractivity contribution is 7.09. The van der Waals surface area contributed by atoms with Gasteiger partial charge in [0.05, 0.1) is 11.0 Å². The molecule has 0 amide bonds. The minimum absolute atomic E-state index is 0.400. The molecule has 2 heterocycles. The zero-order valence-electron chi connectivity index (χ0n) is 11.8. The normalized spacial score (nSPS) is 12.9. The summed E-state index contributed by atoms with van der Waals surface area (Å²) >= 11 is 1.82. The van der Waals surface area contributed by atoms with Crippen LogP contribution < -0.4 is 5.73 Å². The molecule has 3 rings (SSSR count). The summed E-state index contributed by atoms with van der Waals surface area (Å²) in [5.74, 6) is 1.13. The fourth-order valence-electron chi connectivity index (χ4n) is 2.72. The second-order valence-electron chi connectivity index (χ2n) is 5.13. The first-order valence-corrected chi connectivity index (χ1v) is 7.85. The van der Waals surface area contributed by atoms with Crippen molar-refractivity contribution in [1.82, 2.24) is 9.55 Å². The number of fused-ring (bicyclic) bond motifs is 1. The smallest absolute Gasteiger partial charge is 0.109 e. The number of rotatable bonds is 4. The average molecular weight is 285 g/mol. The lowest BCUT2D eigenvalue weighted by atomic mass is 10.2. The zero-order valence-corrected chi connectivity index (χ0v) is 12.7. The van der Waals surface area contributed by atoms with E-state index in [4.69, 9.17) is 10.7 Å². The summed E-state index contributed by atoms with van der Waals surface area (Å²) in [5.41, 5.74) is 8.82. The first-order valence-electron chi connectivity index (χ1n) is 6.97. The second-order valence-corrected chi connectivity index (χ2v) is 6.16. The van der Waals surface area contributed by atoms with Crippen LogP contribution in [0.25, 0.3) is 11.0 Å². The number of hydrogen-bond acceptors (Lipinski definition) is 3. The van der Waals surface area contributed by atoms with E-state index in [0.717, 1.165) is 29.9 Å². The number of nitrogen functional groups attached to an aromatic ring is 1. The Balaban J connectivity index is 2.04. The van der Waals surface area contributed by atoms with Crippen LogP contribution in [0.3, 0.4) is 0 Å². The Bertz CT molecular complexity index is 713. The first kappa shape index (κ1) is 13.2. The lowest BCUT2D eigenvalue weighted by molar-refractivity contribution is 0.541. The summed E-state index contributed by atoms with van der Waals surface area (Å²) in [7, 11) is 0. The lowest BCUT2D eigenvalue weighted by Crippen LogP contribution is -2.11. The van der Waals surface area contributed by atoms with Crippen molar-refractivity contribution in [3.63, 3.8) is 0 Å². The molecule has 1 unspecified atom stereocenters. The third-order valence-corrected chi connectivity index (χ3v) is 4.52. The van der Waals surface area contributed by atoms with Crippen LogP contribution in [0.1, 0.15) is 30.6 Å². The van der Waals surface area contributed by atoms with Crippen molar-refractivity contribution in [3.8, 4) is 0 Å². The number of hydrogen-bond donors (Lipinski definition) is 1. The van der Waals surface area contributed by atoms with Crippen LogP contribution in [0.5, 0.6) is 0 Å². The Kier molecular flexibility index (Phi) is 3.49. The quantitative estimate of drug-likeness (QED) is 0.735. The summed E-state index contributed by atoms with van der Waals surface area (Å²) in [5, 5.41) is 2.13. The molecule has 3 aromatic rings. The monoisotopic (exact) mass is 285 g/mol. The number of benzene rings is 1. The Morgan fingerprint density at radius 3 is 2.90 bits per heavy atom. The molecule has 20 heavy (non-hydrogen) atoms. The number of thiophene rings is 1. The van der Waals surface area contributed by atoms with Gasteiger partial charge in [0.25, 0.3) is 0 Å². The molecule has 0 bridgehead atoms. The van der Waals surface area contributed by atoms with Gasteiger partial charge in [0.15, 0.2) is 0 Å². The van der Waals surface area contributed by atoms with Gasteiger partial charge in [-0.1, -0.05) is 13.0 Å². The van der Waals surface area contributed by atoms with Crippen molar-refractivity contribution >= 4 is 28.1 Å². The Morgan fingerprint density at radius 1 is 1.35 bits per heavy atom. The van der Waals surface area contributed by atoms with Crippen LogP contribution in [0, 0.1) is 0 Å². The third-order valence-electron chi connectivity index (χ3n) is 3.62. The number of nitrogens with zero attached hydrogens (tertiary/aromatic N) is 2. The maximum absolute atomic E-state index is 5.86. The molecular formula is C16H19N3S. The minimum Gasteiger partial charge on any atom is -0.399 e. The van der Waals surface area contributed by atoms with Crippen LogP contribution in [0.15, 0.2) is 35.7 Å². The molecule has 0 radical (unpaired) electrons. The molecule has 0 spiro atoms. The van der Waals surface area contributed by atoms with E-state index in [2.05, 4.69) is 42.0 Å². The summed E-state index contributed by atoms with van der Waals surface area (Å²) < 4.78 is 2.36. The molecule has 0 aliphatic heterocycles. The molecule has 4 heteroatoms. The van der Waals surface area contributed by atoms with Crippen molar-refractivity contribution in [2.24, 2.45) is 0 Å². The summed E-state index contributed by atoms with van der Waals surface area (Å²) in [6.07, 6.45) is 1.98. The molecule has 1 atom stereocenters. The molecule has 0 saturated carbocycles. The van der Waals surface area contributed by atoms with Crippen molar-refractivity contribution < 1.29 is 0 Å². The standard InChI is InChI=1S/C16H19N3S/c1-3-16-18-14-10-12(17)6-7-15(14)19(16)11(2)9-13-5-4-8-20-13/h4-8,10-11H,3,9,17H2,1-2H3. The molecule has 2 N–H and O–H groups in total. The van der Waals surface area contributed by atoms with Gasteiger partial charge in [-0.15, -0.1) is 11.3 Å². The van der Waals surface area contributed by atoms with Crippen molar-refractivity contribution in [2.75, 3.05) is 5.73 Å². The molecule has 3 nitrogen and oxygen atoms in total. The fourth-order valence-corrected chi connectivity index (χ4v) is 3.54. The Morgan fingerprint density at radius 2 is 2.20 bits per heavy atom. The van der Waals surface area contributed by atoms with Crippen LogP contribution in [0.2, 0.25) is 0 Å². The molecule has 104 valence electrons. The van der Waals surface area contributed by atoms with Gasteiger partial charge in [0.2, 0.25) is 0 Å². The second kappa shape index (κ2) is 5.29. The predicted molar refractivity (Wildman–Crippen MR) is 86.3 cm³/mol. The van der Waals surface area contributed by atoms with E-state index in [1.165, 1.54) is 10.4 Å². The maximum Gasteiger partial charge on any atom is 0.109 e. The van der Waals surface area contributed by atoms with Crippen LogP contribution in [0.4, 0.5) is 5.69 Å². The van der Waals surface area contributed by atoms with Crippen molar-refractivity contribution in [2.45, 2.75) is 32.7 Å². The predicted octanol–water partition coefficient (Wildman–Crippen LogP) is 4.05. The minimum atomic E-state index is 0.400.